The molecule has 0 spiro atoms. The molecule has 0 aromatic carbocycles. The van der Waals surface area contributed by atoms with Crippen LogP contribution < -0.4 is 0 Å². The van der Waals surface area contributed by atoms with Gasteiger partial charge in [0.2, 0.25) is 0 Å². The lowest BCUT2D eigenvalue weighted by atomic mass is 10.3. The molecule has 1 unspecified atom stereocenters. The fourth-order valence-corrected chi connectivity index (χ4v) is 2.37. The smallest absolute Gasteiger partial charge is 0.0834 e. The highest BCUT2D eigenvalue weighted by atomic mass is 28.3. The second kappa shape index (κ2) is 3.35. The maximum Gasteiger partial charge on any atom is 0.0834 e. The molecule has 60 valence electrons. The van der Waals surface area contributed by atoms with E-state index in [2.05, 4.69) is 19.6 Å². The van der Waals surface area contributed by atoms with E-state index in [9.17, 15) is 5.11 Å². The van der Waals surface area contributed by atoms with Gasteiger partial charge in [-0.3, -0.25) is 0 Å². The number of rotatable bonds is 2. The Morgan fingerprint density at radius 1 is 1.40 bits per heavy atom. The second-order valence-corrected chi connectivity index (χ2v) is 9.08. The Morgan fingerprint density at radius 3 is 1.90 bits per heavy atom. The van der Waals surface area contributed by atoms with Crippen LogP contribution in [0.4, 0.5) is 0 Å². The quantitative estimate of drug-likeness (QED) is 0.482. The first kappa shape index (κ1) is 9.92. The van der Waals surface area contributed by atoms with E-state index in [-0.39, 0.29) is 5.73 Å². The van der Waals surface area contributed by atoms with Crippen LogP contribution in [0, 0.1) is 0 Å². The molecule has 0 saturated heterocycles. The molecule has 2 heteroatoms. The van der Waals surface area contributed by atoms with E-state index in [1.165, 1.54) is 0 Å². The normalized spacial score (nSPS) is 17.2. The fourth-order valence-electron chi connectivity index (χ4n) is 0.841. The average molecular weight is 158 g/mol. The molecule has 1 N–H and O–H groups in total. The van der Waals surface area contributed by atoms with Crippen molar-refractivity contribution in [3.8, 4) is 0 Å². The largest absolute Gasteiger partial charge is 0.392 e. The van der Waals surface area contributed by atoms with Crippen LogP contribution in [0.5, 0.6) is 0 Å². The van der Waals surface area contributed by atoms with Crippen molar-refractivity contribution in [3.63, 3.8) is 0 Å². The summed E-state index contributed by atoms with van der Waals surface area (Å²) in [6.07, 6.45) is 1.99. The number of hydrogen-bond acceptors (Lipinski definition) is 1. The molecule has 0 aliphatic heterocycles. The molecule has 0 fully saturated rings. The first-order valence-corrected chi connectivity index (χ1v) is 7.28. The molecule has 0 rings (SSSR count). The van der Waals surface area contributed by atoms with Crippen LogP contribution in [0.15, 0.2) is 11.6 Å². The van der Waals surface area contributed by atoms with Crippen LogP contribution in [0.25, 0.3) is 0 Å². The molecule has 0 radical (unpaired) electrons. The van der Waals surface area contributed by atoms with Crippen LogP contribution in [-0.2, 0) is 0 Å². The predicted molar refractivity (Wildman–Crippen MR) is 48.8 cm³/mol. The number of aliphatic hydroxyl groups excluding tert-OH is 1. The Hall–Kier alpha value is -0.0831. The summed E-state index contributed by atoms with van der Waals surface area (Å²) < 4.78 is 0. The van der Waals surface area contributed by atoms with Crippen molar-refractivity contribution in [1.82, 2.24) is 0 Å². The van der Waals surface area contributed by atoms with Crippen LogP contribution in [0.2, 0.25) is 19.6 Å². The maximum atomic E-state index is 9.65. The van der Waals surface area contributed by atoms with Gasteiger partial charge in [-0.15, -0.1) is 0 Å². The van der Waals surface area contributed by atoms with E-state index in [0.717, 1.165) is 5.57 Å². The molecular formula is C8H18OSi. The molecule has 1 nitrogen and oxygen atoms in total. The molecule has 0 bridgehead atoms. The Labute approximate surface area is 64.8 Å². The van der Waals surface area contributed by atoms with Crippen molar-refractivity contribution in [2.75, 3.05) is 0 Å². The molecule has 0 heterocycles. The Morgan fingerprint density at radius 2 is 1.80 bits per heavy atom. The fraction of sp³-hybridized carbons (Fsp3) is 0.750. The lowest BCUT2D eigenvalue weighted by Crippen LogP contribution is -2.38. The van der Waals surface area contributed by atoms with E-state index < -0.39 is 8.07 Å². The van der Waals surface area contributed by atoms with E-state index in [1.54, 1.807) is 0 Å². The van der Waals surface area contributed by atoms with Gasteiger partial charge in [0, 0.05) is 0 Å². The minimum Gasteiger partial charge on any atom is -0.392 e. The van der Waals surface area contributed by atoms with Gasteiger partial charge < -0.3 is 5.11 Å². The minimum absolute atomic E-state index is 0.169. The third-order valence-electron chi connectivity index (χ3n) is 1.71. The summed E-state index contributed by atoms with van der Waals surface area (Å²) in [6.45, 7) is 10.5. The average Bonchev–Trinajstić information content (AvgIpc) is 1.83. The van der Waals surface area contributed by atoms with Gasteiger partial charge in [-0.25, -0.2) is 0 Å². The highest BCUT2D eigenvalue weighted by Gasteiger charge is 2.24. The van der Waals surface area contributed by atoms with Crippen molar-refractivity contribution < 1.29 is 5.11 Å². The molecule has 10 heavy (non-hydrogen) atoms. The third kappa shape index (κ3) is 2.67. The standard InChI is InChI=1S/C8H18OSi/c1-6-7(2)8(9)10(3,4)5/h6,8-9H,1-5H3. The number of hydrogen-bond donors (Lipinski definition) is 1. The molecule has 0 aromatic heterocycles. The first-order chi connectivity index (χ1) is 4.39. The molecule has 0 aliphatic carbocycles. The Bertz CT molecular complexity index is 133. The van der Waals surface area contributed by atoms with Crippen molar-refractivity contribution in [1.29, 1.82) is 0 Å². The highest BCUT2D eigenvalue weighted by Crippen LogP contribution is 2.14. The van der Waals surface area contributed by atoms with Gasteiger partial charge in [-0.05, 0) is 13.8 Å². The van der Waals surface area contributed by atoms with Gasteiger partial charge in [-0.2, -0.15) is 0 Å². The van der Waals surface area contributed by atoms with E-state index in [1.807, 2.05) is 19.9 Å². The van der Waals surface area contributed by atoms with Crippen molar-refractivity contribution in [2.45, 2.75) is 39.2 Å². The zero-order valence-electron chi connectivity index (χ0n) is 7.60. The van der Waals surface area contributed by atoms with E-state index in [0.29, 0.717) is 0 Å². The minimum atomic E-state index is -1.36. The maximum absolute atomic E-state index is 9.65. The first-order valence-electron chi connectivity index (χ1n) is 3.70. The SMILES string of the molecule is CC=C(C)C(O)[Si](C)(C)C. The van der Waals surface area contributed by atoms with Crippen molar-refractivity contribution in [2.24, 2.45) is 0 Å². The molecule has 0 saturated carbocycles. The second-order valence-electron chi connectivity index (χ2n) is 3.80. The summed E-state index contributed by atoms with van der Waals surface area (Å²) in [6, 6.07) is 0. The summed E-state index contributed by atoms with van der Waals surface area (Å²) in [5, 5.41) is 9.65. The monoisotopic (exact) mass is 158 g/mol. The molecular weight excluding hydrogens is 140 g/mol. The van der Waals surface area contributed by atoms with Gasteiger partial charge in [0.1, 0.15) is 0 Å². The van der Waals surface area contributed by atoms with Crippen LogP contribution in [0.1, 0.15) is 13.8 Å². The Kier molecular flexibility index (Phi) is 3.32. The van der Waals surface area contributed by atoms with E-state index >= 15 is 0 Å². The topological polar surface area (TPSA) is 20.2 Å². The van der Waals surface area contributed by atoms with E-state index in [4.69, 9.17) is 0 Å². The summed E-state index contributed by atoms with van der Waals surface area (Å²) >= 11 is 0. The van der Waals surface area contributed by atoms with Gasteiger partial charge in [-0.1, -0.05) is 31.3 Å². The molecule has 0 aromatic rings. The lowest BCUT2D eigenvalue weighted by molar-refractivity contribution is 0.279. The molecule has 0 amide bonds. The lowest BCUT2D eigenvalue weighted by Gasteiger charge is -2.24. The van der Waals surface area contributed by atoms with Crippen LogP contribution >= 0.6 is 0 Å². The molecule has 0 aliphatic rings. The van der Waals surface area contributed by atoms with Gasteiger partial charge in [0.25, 0.3) is 0 Å². The zero-order valence-corrected chi connectivity index (χ0v) is 8.60. The summed E-state index contributed by atoms with van der Waals surface area (Å²) in [5.74, 6) is 0. The van der Waals surface area contributed by atoms with Crippen molar-refractivity contribution >= 4 is 8.07 Å². The third-order valence-corrected chi connectivity index (χ3v) is 3.80. The van der Waals surface area contributed by atoms with Gasteiger partial charge in [0.15, 0.2) is 0 Å². The molecule has 1 atom stereocenters. The van der Waals surface area contributed by atoms with Gasteiger partial charge in [0.05, 0.1) is 13.8 Å². The summed E-state index contributed by atoms with van der Waals surface area (Å²) in [7, 11) is -1.36. The Balaban J connectivity index is 4.23. The predicted octanol–water partition coefficient (Wildman–Crippen LogP) is 2.19. The number of allylic oxidation sites excluding steroid dienone is 1. The summed E-state index contributed by atoms with van der Waals surface area (Å²) in [4.78, 5) is 0. The highest BCUT2D eigenvalue weighted by molar-refractivity contribution is 6.77. The van der Waals surface area contributed by atoms with Gasteiger partial charge >= 0.3 is 0 Å². The summed E-state index contributed by atoms with van der Waals surface area (Å²) in [5.41, 5.74) is 0.941. The zero-order chi connectivity index (χ0) is 8.36. The number of aliphatic hydroxyl groups is 1. The van der Waals surface area contributed by atoms with Crippen molar-refractivity contribution in [3.05, 3.63) is 11.6 Å². The van der Waals surface area contributed by atoms with Crippen LogP contribution in [0.3, 0.4) is 0 Å². The van der Waals surface area contributed by atoms with Crippen LogP contribution in [-0.4, -0.2) is 18.9 Å².